The second-order valence-electron chi connectivity index (χ2n) is 5.54. The van der Waals surface area contributed by atoms with Crippen molar-refractivity contribution in [2.24, 2.45) is 11.8 Å². The van der Waals surface area contributed by atoms with Crippen molar-refractivity contribution in [1.29, 1.82) is 0 Å². The van der Waals surface area contributed by atoms with Crippen LogP contribution in [0.5, 0.6) is 0 Å². The molecule has 0 bridgehead atoms. The van der Waals surface area contributed by atoms with Crippen LogP contribution in [0.3, 0.4) is 0 Å². The average molecular weight is 254 g/mol. The Bertz CT molecular complexity index is 311. The van der Waals surface area contributed by atoms with Crippen LogP contribution in [0.15, 0.2) is 0 Å². The lowest BCUT2D eigenvalue weighted by atomic mass is 9.83. The molecule has 0 saturated heterocycles. The van der Waals surface area contributed by atoms with Gasteiger partial charge in [-0.15, -0.1) is 0 Å². The summed E-state index contributed by atoms with van der Waals surface area (Å²) in [4.78, 5) is 24.0. The van der Waals surface area contributed by atoms with E-state index < -0.39 is 5.97 Å². The van der Waals surface area contributed by atoms with Gasteiger partial charge in [-0.2, -0.15) is 0 Å². The fourth-order valence-electron chi connectivity index (χ4n) is 2.27. The van der Waals surface area contributed by atoms with Gasteiger partial charge in [-0.3, -0.25) is 4.79 Å². The number of hydrogen-bond donors (Lipinski definition) is 2. The molecular formula is C13H22N2O3. The lowest BCUT2D eigenvalue weighted by Gasteiger charge is -2.26. The molecule has 2 rings (SSSR count). The van der Waals surface area contributed by atoms with Gasteiger partial charge in [0.15, 0.2) is 0 Å². The first-order chi connectivity index (χ1) is 8.65. The molecule has 0 aromatic heterocycles. The number of nitrogens with one attached hydrogen (secondary N) is 1. The molecule has 5 nitrogen and oxygen atoms in total. The first kappa shape index (κ1) is 13.2. The summed E-state index contributed by atoms with van der Waals surface area (Å²) in [6.45, 7) is 1.07. The molecule has 2 N–H and O–H groups in total. The van der Waals surface area contributed by atoms with Crippen LogP contribution in [0.25, 0.3) is 0 Å². The zero-order chi connectivity index (χ0) is 13.0. The summed E-state index contributed by atoms with van der Waals surface area (Å²) in [5.74, 6) is 0.341. The Morgan fingerprint density at radius 1 is 1.17 bits per heavy atom. The lowest BCUT2D eigenvalue weighted by molar-refractivity contribution is -0.137. The third-order valence-corrected chi connectivity index (χ3v) is 3.84. The van der Waals surface area contributed by atoms with Crippen LogP contribution < -0.4 is 5.32 Å². The molecule has 2 amide bonds. The zero-order valence-corrected chi connectivity index (χ0v) is 10.7. The van der Waals surface area contributed by atoms with Gasteiger partial charge in [-0.1, -0.05) is 19.3 Å². The van der Waals surface area contributed by atoms with E-state index in [0.29, 0.717) is 19.0 Å². The third kappa shape index (κ3) is 4.20. The van der Waals surface area contributed by atoms with E-state index in [1.165, 1.54) is 24.2 Å². The molecule has 2 saturated carbocycles. The van der Waals surface area contributed by atoms with Crippen molar-refractivity contribution in [2.45, 2.75) is 38.5 Å². The second kappa shape index (κ2) is 6.07. The molecule has 0 aliphatic heterocycles. The van der Waals surface area contributed by atoms with Crippen molar-refractivity contribution in [3.05, 3.63) is 0 Å². The van der Waals surface area contributed by atoms with E-state index >= 15 is 0 Å². The number of hydrogen-bond acceptors (Lipinski definition) is 2. The largest absolute Gasteiger partial charge is 0.480 e. The maximum Gasteiger partial charge on any atom is 0.323 e. The summed E-state index contributed by atoms with van der Waals surface area (Å²) >= 11 is 0. The van der Waals surface area contributed by atoms with Gasteiger partial charge < -0.3 is 15.3 Å². The third-order valence-electron chi connectivity index (χ3n) is 3.84. The number of carboxylic acid groups (broad SMARTS) is 1. The number of carboxylic acids is 1. The number of amides is 2. The fraction of sp³-hybridized carbons (Fsp3) is 0.846. The van der Waals surface area contributed by atoms with Gasteiger partial charge in [0.25, 0.3) is 0 Å². The molecule has 0 aromatic rings. The quantitative estimate of drug-likeness (QED) is 0.726. The highest BCUT2D eigenvalue weighted by molar-refractivity contribution is 5.80. The van der Waals surface area contributed by atoms with Crippen molar-refractivity contribution in [2.75, 3.05) is 19.6 Å². The van der Waals surface area contributed by atoms with Gasteiger partial charge in [0.05, 0.1) is 0 Å². The molecule has 2 aliphatic rings. The summed E-state index contributed by atoms with van der Waals surface area (Å²) < 4.78 is 0. The zero-order valence-electron chi connectivity index (χ0n) is 10.7. The number of rotatable bonds is 7. The molecule has 0 unspecified atom stereocenters. The Balaban J connectivity index is 1.68. The first-order valence-electron chi connectivity index (χ1n) is 6.89. The molecule has 0 aromatic carbocycles. The molecule has 18 heavy (non-hydrogen) atoms. The van der Waals surface area contributed by atoms with Crippen molar-refractivity contribution in [3.63, 3.8) is 0 Å². The number of aliphatic carboxylic acids is 1. The highest BCUT2D eigenvalue weighted by Crippen LogP contribution is 2.30. The van der Waals surface area contributed by atoms with Crippen LogP contribution in [-0.2, 0) is 4.79 Å². The van der Waals surface area contributed by atoms with Crippen LogP contribution in [0.2, 0.25) is 0 Å². The maximum atomic E-state index is 11.9. The topological polar surface area (TPSA) is 69.6 Å². The Morgan fingerprint density at radius 3 is 2.39 bits per heavy atom. The van der Waals surface area contributed by atoms with Crippen molar-refractivity contribution in [3.8, 4) is 0 Å². The van der Waals surface area contributed by atoms with Crippen LogP contribution in [0.1, 0.15) is 38.5 Å². The van der Waals surface area contributed by atoms with Crippen LogP contribution in [0.4, 0.5) is 4.79 Å². The fourth-order valence-corrected chi connectivity index (χ4v) is 2.27. The number of urea groups is 1. The van der Waals surface area contributed by atoms with Gasteiger partial charge in [0, 0.05) is 13.1 Å². The predicted octanol–water partition coefficient (Wildman–Crippen LogP) is 1.68. The Labute approximate surface area is 108 Å². The second-order valence-corrected chi connectivity index (χ2v) is 5.54. The molecule has 0 spiro atoms. The van der Waals surface area contributed by atoms with Crippen molar-refractivity contribution >= 4 is 12.0 Å². The number of nitrogens with zero attached hydrogens (tertiary/aromatic N) is 1. The van der Waals surface area contributed by atoms with E-state index in [2.05, 4.69) is 5.32 Å². The number of carbonyl (C=O) groups is 2. The average Bonchev–Trinajstić information content (AvgIpc) is 3.03. The van der Waals surface area contributed by atoms with E-state index in [1.807, 2.05) is 0 Å². The molecule has 2 aliphatic carbocycles. The van der Waals surface area contributed by atoms with E-state index in [-0.39, 0.29) is 12.6 Å². The summed E-state index contributed by atoms with van der Waals surface area (Å²) in [5, 5.41) is 11.6. The Hall–Kier alpha value is -1.26. The molecule has 2 fully saturated rings. The standard InChI is InChI=1S/C13H22N2O3/c16-12(17)9-15(8-11-4-5-11)13(18)14-7-6-10-2-1-3-10/h10-11H,1-9H2,(H,14,18)(H,16,17). The minimum atomic E-state index is -0.940. The monoisotopic (exact) mass is 254 g/mol. The van der Waals surface area contributed by atoms with Gasteiger partial charge in [0.2, 0.25) is 0 Å². The SMILES string of the molecule is O=C(O)CN(CC1CC1)C(=O)NCCC1CCC1. The first-order valence-corrected chi connectivity index (χ1v) is 6.89. The van der Waals surface area contributed by atoms with Crippen molar-refractivity contribution < 1.29 is 14.7 Å². The van der Waals surface area contributed by atoms with Gasteiger partial charge in [0.1, 0.15) is 6.54 Å². The summed E-state index contributed by atoms with van der Waals surface area (Å²) in [6.07, 6.45) is 7.12. The Kier molecular flexibility index (Phi) is 4.44. The normalized spacial score (nSPS) is 19.1. The maximum absolute atomic E-state index is 11.9. The molecule has 0 heterocycles. The van der Waals surface area contributed by atoms with Crippen LogP contribution in [-0.4, -0.2) is 41.6 Å². The molecule has 0 atom stereocenters. The molecular weight excluding hydrogens is 232 g/mol. The molecule has 102 valence electrons. The van der Waals surface area contributed by atoms with Crippen LogP contribution in [0, 0.1) is 11.8 Å². The van der Waals surface area contributed by atoms with E-state index in [1.54, 1.807) is 0 Å². The molecule has 5 heteroatoms. The van der Waals surface area contributed by atoms with E-state index in [4.69, 9.17) is 5.11 Å². The van der Waals surface area contributed by atoms with Crippen molar-refractivity contribution in [1.82, 2.24) is 10.2 Å². The van der Waals surface area contributed by atoms with E-state index in [9.17, 15) is 9.59 Å². The van der Waals surface area contributed by atoms with Crippen LogP contribution >= 0.6 is 0 Å². The lowest BCUT2D eigenvalue weighted by Crippen LogP contribution is -2.44. The highest BCUT2D eigenvalue weighted by Gasteiger charge is 2.28. The van der Waals surface area contributed by atoms with Gasteiger partial charge >= 0.3 is 12.0 Å². The predicted molar refractivity (Wildman–Crippen MR) is 67.3 cm³/mol. The van der Waals surface area contributed by atoms with E-state index in [0.717, 1.165) is 25.2 Å². The summed E-state index contributed by atoms with van der Waals surface area (Å²) in [6, 6.07) is -0.219. The number of carbonyl (C=O) groups excluding carboxylic acids is 1. The Morgan fingerprint density at radius 2 is 1.89 bits per heavy atom. The van der Waals surface area contributed by atoms with Gasteiger partial charge in [-0.25, -0.2) is 4.79 Å². The molecule has 0 radical (unpaired) electrons. The highest BCUT2D eigenvalue weighted by atomic mass is 16.4. The van der Waals surface area contributed by atoms with Gasteiger partial charge in [-0.05, 0) is 31.1 Å². The minimum absolute atomic E-state index is 0.189. The minimum Gasteiger partial charge on any atom is -0.480 e. The smallest absolute Gasteiger partial charge is 0.323 e. The summed E-state index contributed by atoms with van der Waals surface area (Å²) in [5.41, 5.74) is 0. The summed E-state index contributed by atoms with van der Waals surface area (Å²) in [7, 11) is 0.